The molecule has 3 aliphatic heterocycles. The third-order valence-corrected chi connectivity index (χ3v) is 6.49. The zero-order valence-electron chi connectivity index (χ0n) is 18.6. The van der Waals surface area contributed by atoms with Gasteiger partial charge in [0.25, 0.3) is 0 Å². The zero-order chi connectivity index (χ0) is 20.5. The summed E-state index contributed by atoms with van der Waals surface area (Å²) in [5, 5.41) is 3.48. The summed E-state index contributed by atoms with van der Waals surface area (Å²) in [4.78, 5) is 23.6. The number of aliphatic imine (C=N–C) groups is 1. The van der Waals surface area contributed by atoms with E-state index in [1.165, 1.54) is 6.42 Å². The van der Waals surface area contributed by atoms with Crippen molar-refractivity contribution < 1.29 is 9.53 Å². The maximum Gasteiger partial charge on any atom is 0.220 e. The fourth-order valence-corrected chi connectivity index (χ4v) is 4.67. The molecule has 3 fully saturated rings. The molecule has 0 aromatic carbocycles. The van der Waals surface area contributed by atoms with E-state index >= 15 is 0 Å². The van der Waals surface area contributed by atoms with Gasteiger partial charge in [0.2, 0.25) is 5.91 Å². The van der Waals surface area contributed by atoms with Crippen LogP contribution in [-0.4, -0.2) is 105 Å². The molecule has 1 atom stereocenters. The lowest BCUT2D eigenvalue weighted by Crippen LogP contribution is -2.46. The molecule has 9 heteroatoms. The summed E-state index contributed by atoms with van der Waals surface area (Å²) in [6.45, 7) is 13.0. The lowest BCUT2D eigenvalue weighted by Gasteiger charge is -2.32. The van der Waals surface area contributed by atoms with Crippen molar-refractivity contribution in [3.05, 3.63) is 0 Å². The number of amides is 1. The Bertz CT molecular complexity index is 536. The van der Waals surface area contributed by atoms with E-state index in [2.05, 4.69) is 26.9 Å². The number of carbonyl (C=O) groups excluding carboxylic acids is 1. The Balaban J connectivity index is 0.00000320. The Kier molecular flexibility index (Phi) is 11.7. The molecule has 3 rings (SSSR count). The molecule has 3 N–H and O–H groups in total. The minimum atomic E-state index is -0.132. The van der Waals surface area contributed by atoms with Crippen LogP contribution in [0.15, 0.2) is 4.99 Å². The predicted molar refractivity (Wildman–Crippen MR) is 131 cm³/mol. The van der Waals surface area contributed by atoms with Crippen LogP contribution >= 0.6 is 24.0 Å². The number of unbranched alkanes of at least 4 members (excludes halogenated alkanes) is 1. The molecule has 3 saturated heterocycles. The second kappa shape index (κ2) is 13.7. The van der Waals surface area contributed by atoms with E-state index in [0.717, 1.165) is 104 Å². The standard InChI is InChI=1S/C21H40N6O2.HI/c1-2-23-21(27-12-7-19(17-27)26-13-15-29-16-14-26)24-8-3-4-9-25-10-5-18(6-11-25)20(22)28;/h18-19H,2-17H2,1H3,(H2,22,28)(H,23,24);1H. The largest absolute Gasteiger partial charge is 0.379 e. The van der Waals surface area contributed by atoms with Crippen molar-refractivity contribution in [1.82, 2.24) is 20.0 Å². The number of ether oxygens (including phenoxy) is 1. The molecule has 1 amide bonds. The molecule has 3 aliphatic rings. The Hall–Kier alpha value is -0.650. The Morgan fingerprint density at radius 2 is 1.83 bits per heavy atom. The van der Waals surface area contributed by atoms with Crippen LogP contribution in [0.3, 0.4) is 0 Å². The van der Waals surface area contributed by atoms with Crippen molar-refractivity contribution in [2.45, 2.75) is 45.1 Å². The van der Waals surface area contributed by atoms with Gasteiger partial charge in [-0.05, 0) is 58.7 Å². The van der Waals surface area contributed by atoms with Crippen LogP contribution in [0.1, 0.15) is 39.0 Å². The maximum absolute atomic E-state index is 11.3. The smallest absolute Gasteiger partial charge is 0.220 e. The number of halogens is 1. The van der Waals surface area contributed by atoms with Crippen molar-refractivity contribution in [1.29, 1.82) is 0 Å². The summed E-state index contributed by atoms with van der Waals surface area (Å²) in [6, 6.07) is 0.631. The zero-order valence-corrected chi connectivity index (χ0v) is 20.9. The summed E-state index contributed by atoms with van der Waals surface area (Å²) in [7, 11) is 0. The molecule has 0 aromatic heterocycles. The fourth-order valence-electron chi connectivity index (χ4n) is 4.67. The number of nitrogens with zero attached hydrogens (tertiary/aromatic N) is 4. The molecule has 0 saturated carbocycles. The molecule has 0 aliphatic carbocycles. The van der Waals surface area contributed by atoms with Gasteiger partial charge in [-0.2, -0.15) is 0 Å². The molecule has 0 radical (unpaired) electrons. The van der Waals surface area contributed by atoms with Crippen LogP contribution in [0.2, 0.25) is 0 Å². The number of primary amides is 1. The number of morpholine rings is 1. The first-order chi connectivity index (χ1) is 14.2. The van der Waals surface area contributed by atoms with Crippen LogP contribution in [0.5, 0.6) is 0 Å². The quantitative estimate of drug-likeness (QED) is 0.208. The lowest BCUT2D eigenvalue weighted by molar-refractivity contribution is -0.123. The monoisotopic (exact) mass is 536 g/mol. The van der Waals surface area contributed by atoms with Crippen molar-refractivity contribution in [3.8, 4) is 0 Å². The molecule has 0 aromatic rings. The molecular weight excluding hydrogens is 495 g/mol. The highest BCUT2D eigenvalue weighted by molar-refractivity contribution is 14.0. The number of piperidine rings is 1. The number of rotatable bonds is 8. The van der Waals surface area contributed by atoms with Crippen LogP contribution < -0.4 is 11.1 Å². The third-order valence-electron chi connectivity index (χ3n) is 6.49. The first-order valence-corrected chi connectivity index (χ1v) is 11.5. The van der Waals surface area contributed by atoms with Gasteiger partial charge in [0, 0.05) is 51.2 Å². The summed E-state index contributed by atoms with van der Waals surface area (Å²) in [6.07, 6.45) is 5.30. The van der Waals surface area contributed by atoms with Gasteiger partial charge >= 0.3 is 0 Å². The summed E-state index contributed by atoms with van der Waals surface area (Å²) in [5.74, 6) is 1.03. The number of nitrogens with one attached hydrogen (secondary N) is 1. The Morgan fingerprint density at radius 1 is 1.10 bits per heavy atom. The third kappa shape index (κ3) is 7.80. The van der Waals surface area contributed by atoms with Gasteiger partial charge in [-0.3, -0.25) is 14.7 Å². The number of hydrogen-bond acceptors (Lipinski definition) is 5. The molecule has 3 heterocycles. The molecule has 1 unspecified atom stereocenters. The summed E-state index contributed by atoms with van der Waals surface area (Å²) in [5.41, 5.74) is 5.42. The van der Waals surface area contributed by atoms with E-state index in [1.807, 2.05) is 0 Å². The van der Waals surface area contributed by atoms with Gasteiger partial charge in [-0.25, -0.2) is 0 Å². The van der Waals surface area contributed by atoms with E-state index in [4.69, 9.17) is 15.5 Å². The second-order valence-electron chi connectivity index (χ2n) is 8.50. The molecule has 0 bridgehead atoms. The minimum Gasteiger partial charge on any atom is -0.379 e. The lowest BCUT2D eigenvalue weighted by atomic mass is 9.96. The van der Waals surface area contributed by atoms with E-state index < -0.39 is 0 Å². The van der Waals surface area contributed by atoms with Crippen molar-refractivity contribution in [2.75, 3.05) is 72.1 Å². The fraction of sp³-hybridized carbons (Fsp3) is 0.905. The van der Waals surface area contributed by atoms with Crippen LogP contribution in [0, 0.1) is 5.92 Å². The highest BCUT2D eigenvalue weighted by Crippen LogP contribution is 2.18. The van der Waals surface area contributed by atoms with E-state index in [-0.39, 0.29) is 35.8 Å². The normalized spacial score (nSPS) is 24.6. The first-order valence-electron chi connectivity index (χ1n) is 11.5. The summed E-state index contributed by atoms with van der Waals surface area (Å²) < 4.78 is 5.49. The molecular formula is C21H41IN6O2. The minimum absolute atomic E-state index is 0. The van der Waals surface area contributed by atoms with Gasteiger partial charge in [0.15, 0.2) is 5.96 Å². The highest BCUT2D eigenvalue weighted by Gasteiger charge is 2.30. The number of guanidine groups is 1. The molecule has 30 heavy (non-hydrogen) atoms. The van der Waals surface area contributed by atoms with E-state index in [0.29, 0.717) is 6.04 Å². The highest BCUT2D eigenvalue weighted by atomic mass is 127. The van der Waals surface area contributed by atoms with Crippen molar-refractivity contribution >= 4 is 35.8 Å². The van der Waals surface area contributed by atoms with Gasteiger partial charge in [0.05, 0.1) is 13.2 Å². The number of likely N-dealkylation sites (tertiary alicyclic amines) is 2. The van der Waals surface area contributed by atoms with Crippen LogP contribution in [0.4, 0.5) is 0 Å². The van der Waals surface area contributed by atoms with Gasteiger partial charge in [0.1, 0.15) is 0 Å². The van der Waals surface area contributed by atoms with Gasteiger partial charge < -0.3 is 25.6 Å². The second-order valence-corrected chi connectivity index (χ2v) is 8.50. The molecule has 8 nitrogen and oxygen atoms in total. The topological polar surface area (TPSA) is 86.4 Å². The predicted octanol–water partition coefficient (Wildman–Crippen LogP) is 0.954. The van der Waals surface area contributed by atoms with Crippen molar-refractivity contribution in [2.24, 2.45) is 16.6 Å². The Labute approximate surface area is 199 Å². The molecule has 174 valence electrons. The van der Waals surface area contributed by atoms with E-state index in [1.54, 1.807) is 0 Å². The number of hydrogen-bond donors (Lipinski definition) is 2. The average molecular weight is 537 g/mol. The molecule has 0 spiro atoms. The van der Waals surface area contributed by atoms with Gasteiger partial charge in [-0.1, -0.05) is 0 Å². The maximum atomic E-state index is 11.3. The number of nitrogens with two attached hydrogens (primary N) is 1. The van der Waals surface area contributed by atoms with Crippen LogP contribution in [-0.2, 0) is 9.53 Å². The van der Waals surface area contributed by atoms with E-state index in [9.17, 15) is 4.79 Å². The number of carbonyl (C=O) groups is 1. The van der Waals surface area contributed by atoms with Crippen molar-refractivity contribution in [3.63, 3.8) is 0 Å². The van der Waals surface area contributed by atoms with Gasteiger partial charge in [-0.15, -0.1) is 24.0 Å². The van der Waals surface area contributed by atoms with Crippen LogP contribution in [0.25, 0.3) is 0 Å². The SMILES string of the molecule is CCNC(=NCCCCN1CCC(C(N)=O)CC1)N1CCC(N2CCOCC2)C1.I. The summed E-state index contributed by atoms with van der Waals surface area (Å²) >= 11 is 0. The Morgan fingerprint density at radius 3 is 2.50 bits per heavy atom. The first kappa shape index (κ1) is 25.6. The average Bonchev–Trinajstić information content (AvgIpc) is 3.24.